The molecule has 4 atom stereocenters. The van der Waals surface area contributed by atoms with Crippen molar-refractivity contribution in [1.29, 1.82) is 0 Å². The summed E-state index contributed by atoms with van der Waals surface area (Å²) in [5.41, 5.74) is 0.315. The number of aliphatic hydroxyl groups is 3. The number of benzene rings is 1. The van der Waals surface area contributed by atoms with Crippen LogP contribution in [0.1, 0.15) is 10.4 Å². The predicted octanol–water partition coefficient (Wildman–Crippen LogP) is -0.718. The lowest BCUT2D eigenvalue weighted by atomic mass is 10.1. The Bertz CT molecular complexity index is 406. The van der Waals surface area contributed by atoms with Gasteiger partial charge in [-0.05, 0) is 12.1 Å². The van der Waals surface area contributed by atoms with E-state index in [4.69, 9.17) is 14.6 Å². The molecule has 0 radical (unpaired) electrons. The number of esters is 1. The number of carbonyl (C=O) groups is 1. The largest absolute Gasteiger partial charge is 0.429 e. The van der Waals surface area contributed by atoms with Crippen LogP contribution in [0.2, 0.25) is 0 Å². The lowest BCUT2D eigenvalue weighted by Crippen LogP contribution is -2.35. The first-order valence-corrected chi connectivity index (χ1v) is 5.52. The third-order valence-electron chi connectivity index (χ3n) is 2.73. The highest BCUT2D eigenvalue weighted by atomic mass is 16.7. The highest BCUT2D eigenvalue weighted by Gasteiger charge is 2.44. The van der Waals surface area contributed by atoms with Gasteiger partial charge in [-0.25, -0.2) is 4.79 Å². The van der Waals surface area contributed by atoms with Crippen LogP contribution in [0.5, 0.6) is 0 Å². The van der Waals surface area contributed by atoms with Crippen LogP contribution in [0.15, 0.2) is 30.3 Å². The van der Waals surface area contributed by atoms with Gasteiger partial charge in [0.2, 0.25) is 6.29 Å². The second kappa shape index (κ2) is 5.45. The van der Waals surface area contributed by atoms with Crippen LogP contribution in [-0.4, -0.2) is 52.5 Å². The molecule has 98 valence electrons. The molecule has 6 heteroatoms. The van der Waals surface area contributed by atoms with E-state index in [1.807, 2.05) is 0 Å². The zero-order valence-electron chi connectivity index (χ0n) is 9.47. The summed E-state index contributed by atoms with van der Waals surface area (Å²) in [4.78, 5) is 11.7. The zero-order valence-corrected chi connectivity index (χ0v) is 9.47. The summed E-state index contributed by atoms with van der Waals surface area (Å²) in [6.45, 7) is -0.461. The van der Waals surface area contributed by atoms with Gasteiger partial charge in [0.1, 0.15) is 18.3 Å². The third-order valence-corrected chi connectivity index (χ3v) is 2.73. The average molecular weight is 254 g/mol. The lowest BCUT2D eigenvalue weighted by Gasteiger charge is -2.15. The molecule has 0 aliphatic carbocycles. The van der Waals surface area contributed by atoms with Crippen molar-refractivity contribution in [3.05, 3.63) is 35.9 Å². The van der Waals surface area contributed by atoms with Crippen molar-refractivity contribution in [2.24, 2.45) is 0 Å². The Hall–Kier alpha value is -1.47. The molecule has 0 saturated carbocycles. The number of rotatable bonds is 3. The highest BCUT2D eigenvalue weighted by molar-refractivity contribution is 5.89. The Balaban J connectivity index is 2.00. The number of ether oxygens (including phenoxy) is 2. The molecular weight excluding hydrogens is 240 g/mol. The molecule has 0 amide bonds. The lowest BCUT2D eigenvalue weighted by molar-refractivity contribution is -0.139. The highest BCUT2D eigenvalue weighted by Crippen LogP contribution is 2.22. The molecule has 3 N–H and O–H groups in total. The average Bonchev–Trinajstić information content (AvgIpc) is 2.67. The topological polar surface area (TPSA) is 96.2 Å². The number of aliphatic hydroxyl groups excluding tert-OH is 3. The van der Waals surface area contributed by atoms with Crippen molar-refractivity contribution in [3.8, 4) is 0 Å². The van der Waals surface area contributed by atoms with Crippen LogP contribution in [-0.2, 0) is 9.47 Å². The van der Waals surface area contributed by atoms with Crippen molar-refractivity contribution in [1.82, 2.24) is 0 Å². The predicted molar refractivity (Wildman–Crippen MR) is 59.6 cm³/mol. The fourth-order valence-electron chi connectivity index (χ4n) is 1.71. The number of hydrogen-bond donors (Lipinski definition) is 3. The van der Waals surface area contributed by atoms with E-state index in [-0.39, 0.29) is 0 Å². The number of hydrogen-bond acceptors (Lipinski definition) is 6. The van der Waals surface area contributed by atoms with E-state index in [2.05, 4.69) is 0 Å². The van der Waals surface area contributed by atoms with E-state index in [1.54, 1.807) is 30.3 Å². The van der Waals surface area contributed by atoms with Crippen LogP contribution >= 0.6 is 0 Å². The van der Waals surface area contributed by atoms with Gasteiger partial charge >= 0.3 is 5.97 Å². The minimum atomic E-state index is -1.37. The summed E-state index contributed by atoms with van der Waals surface area (Å²) < 4.78 is 9.96. The summed E-state index contributed by atoms with van der Waals surface area (Å²) in [5, 5.41) is 28.0. The van der Waals surface area contributed by atoms with Crippen molar-refractivity contribution in [3.63, 3.8) is 0 Å². The number of carbonyl (C=O) groups excluding carboxylic acids is 1. The summed E-state index contributed by atoms with van der Waals surface area (Å²) >= 11 is 0. The van der Waals surface area contributed by atoms with Crippen LogP contribution < -0.4 is 0 Å². The monoisotopic (exact) mass is 254 g/mol. The van der Waals surface area contributed by atoms with E-state index in [1.165, 1.54) is 0 Å². The van der Waals surface area contributed by atoms with Gasteiger partial charge in [-0.2, -0.15) is 0 Å². The van der Waals surface area contributed by atoms with Crippen LogP contribution in [0.3, 0.4) is 0 Å². The first-order chi connectivity index (χ1) is 8.63. The van der Waals surface area contributed by atoms with Crippen molar-refractivity contribution in [2.75, 3.05) is 6.61 Å². The standard InChI is InChI=1S/C12H14O6/c13-6-8-9(14)10(15)12(17-8)18-11(16)7-4-2-1-3-5-7/h1-5,8-10,12-15H,6H2/t8-,9-,10-,12-/m0/s1. The molecule has 1 heterocycles. The van der Waals surface area contributed by atoms with Gasteiger partial charge in [0.05, 0.1) is 12.2 Å². The maximum atomic E-state index is 11.7. The van der Waals surface area contributed by atoms with Crippen molar-refractivity contribution < 1.29 is 29.6 Å². The molecule has 1 aliphatic heterocycles. The Morgan fingerprint density at radius 2 is 1.89 bits per heavy atom. The maximum Gasteiger partial charge on any atom is 0.340 e. The van der Waals surface area contributed by atoms with Crippen molar-refractivity contribution in [2.45, 2.75) is 24.6 Å². The summed E-state index contributed by atoms with van der Waals surface area (Å²) in [6.07, 6.45) is -4.86. The molecule has 18 heavy (non-hydrogen) atoms. The van der Waals surface area contributed by atoms with Gasteiger partial charge in [0.25, 0.3) is 0 Å². The SMILES string of the molecule is O=C(O[C@@H]1O[C@@H](CO)[C@H](O)[C@@H]1O)c1ccccc1. The van der Waals surface area contributed by atoms with Crippen LogP contribution in [0, 0.1) is 0 Å². The summed E-state index contributed by atoms with van der Waals surface area (Å²) in [6, 6.07) is 8.22. The van der Waals surface area contributed by atoms with Crippen LogP contribution in [0.4, 0.5) is 0 Å². The van der Waals surface area contributed by atoms with Gasteiger partial charge in [0.15, 0.2) is 0 Å². The summed E-state index contributed by atoms with van der Waals surface area (Å²) in [5.74, 6) is -0.662. The molecule has 6 nitrogen and oxygen atoms in total. The molecule has 1 aromatic carbocycles. The Morgan fingerprint density at radius 1 is 1.22 bits per heavy atom. The van der Waals surface area contributed by atoms with Gasteiger partial charge in [-0.3, -0.25) is 0 Å². The molecular formula is C12H14O6. The minimum absolute atomic E-state index is 0.315. The van der Waals surface area contributed by atoms with Gasteiger partial charge in [0, 0.05) is 0 Å². The normalized spacial score (nSPS) is 31.3. The molecule has 1 aromatic rings. The van der Waals surface area contributed by atoms with E-state index < -0.39 is 37.2 Å². The van der Waals surface area contributed by atoms with Crippen LogP contribution in [0.25, 0.3) is 0 Å². The molecule has 2 rings (SSSR count). The fourth-order valence-corrected chi connectivity index (χ4v) is 1.71. The van der Waals surface area contributed by atoms with E-state index in [0.29, 0.717) is 5.56 Å². The smallest absolute Gasteiger partial charge is 0.340 e. The zero-order chi connectivity index (χ0) is 13.1. The van der Waals surface area contributed by atoms with E-state index in [9.17, 15) is 15.0 Å². The summed E-state index contributed by atoms with van der Waals surface area (Å²) in [7, 11) is 0. The molecule has 0 bridgehead atoms. The maximum absolute atomic E-state index is 11.7. The molecule has 0 unspecified atom stereocenters. The Kier molecular flexibility index (Phi) is 3.93. The van der Waals surface area contributed by atoms with Crippen molar-refractivity contribution >= 4 is 5.97 Å². The second-order valence-electron chi connectivity index (χ2n) is 3.98. The first kappa shape index (κ1) is 13.0. The Labute approximate surface area is 103 Å². The van der Waals surface area contributed by atoms with E-state index >= 15 is 0 Å². The minimum Gasteiger partial charge on any atom is -0.429 e. The van der Waals surface area contributed by atoms with Gasteiger partial charge in [-0.1, -0.05) is 18.2 Å². The van der Waals surface area contributed by atoms with Gasteiger partial charge < -0.3 is 24.8 Å². The molecule has 1 aliphatic rings. The molecule has 1 saturated heterocycles. The van der Waals surface area contributed by atoms with Gasteiger partial charge in [-0.15, -0.1) is 0 Å². The molecule has 1 fully saturated rings. The fraction of sp³-hybridized carbons (Fsp3) is 0.417. The molecule has 0 spiro atoms. The molecule has 0 aromatic heterocycles. The second-order valence-corrected chi connectivity index (χ2v) is 3.98. The van der Waals surface area contributed by atoms with E-state index in [0.717, 1.165) is 0 Å². The third kappa shape index (κ3) is 2.51. The first-order valence-electron chi connectivity index (χ1n) is 5.52. The quantitative estimate of drug-likeness (QED) is 0.616. The Morgan fingerprint density at radius 3 is 2.44 bits per heavy atom.